The lowest BCUT2D eigenvalue weighted by molar-refractivity contribution is -0.117. The first-order valence-corrected chi connectivity index (χ1v) is 9.29. The van der Waals surface area contributed by atoms with E-state index in [1.54, 1.807) is 31.5 Å². The molecule has 4 rings (SSSR count). The molecule has 4 aromatic rings. The van der Waals surface area contributed by atoms with Gasteiger partial charge in [0.15, 0.2) is 11.5 Å². The molecule has 0 spiro atoms. The van der Waals surface area contributed by atoms with Crippen LogP contribution < -0.4 is 5.32 Å². The number of hydrogen-bond donors (Lipinski definition) is 1. The van der Waals surface area contributed by atoms with E-state index in [9.17, 15) is 4.79 Å². The summed E-state index contributed by atoms with van der Waals surface area (Å²) in [6.07, 6.45) is 4.01. The minimum atomic E-state index is -0.402. The number of pyridine rings is 1. The lowest BCUT2D eigenvalue weighted by Gasteiger charge is -2.17. The van der Waals surface area contributed by atoms with Gasteiger partial charge in [-0.2, -0.15) is 0 Å². The van der Waals surface area contributed by atoms with E-state index < -0.39 is 5.92 Å². The van der Waals surface area contributed by atoms with Crippen LogP contribution in [0, 0.1) is 6.92 Å². The van der Waals surface area contributed by atoms with Crippen LogP contribution in [0.25, 0.3) is 11.1 Å². The number of benzene rings is 2. The Morgan fingerprint density at radius 3 is 2.71 bits per heavy atom. The Kier molecular flexibility index (Phi) is 5.08. The molecule has 1 amide bonds. The number of aromatic nitrogens is 2. The van der Waals surface area contributed by atoms with E-state index in [4.69, 9.17) is 16.0 Å². The first-order chi connectivity index (χ1) is 13.6. The molecule has 2 heterocycles. The molecular weight excluding hydrogens is 374 g/mol. The van der Waals surface area contributed by atoms with Gasteiger partial charge in [-0.05, 0) is 47.9 Å². The van der Waals surface area contributed by atoms with Crippen molar-refractivity contribution in [1.29, 1.82) is 0 Å². The lowest BCUT2D eigenvalue weighted by Crippen LogP contribution is -2.23. The lowest BCUT2D eigenvalue weighted by atomic mass is 9.91. The quantitative estimate of drug-likeness (QED) is 0.510. The van der Waals surface area contributed by atoms with Gasteiger partial charge < -0.3 is 9.73 Å². The van der Waals surface area contributed by atoms with Crippen LogP contribution in [0.4, 0.5) is 5.69 Å². The normalized spacial score (nSPS) is 12.1. The van der Waals surface area contributed by atoms with Crippen LogP contribution in [0.5, 0.6) is 0 Å². The Hall–Kier alpha value is -3.18. The minimum Gasteiger partial charge on any atom is -0.439 e. The van der Waals surface area contributed by atoms with E-state index >= 15 is 0 Å². The fourth-order valence-corrected chi connectivity index (χ4v) is 3.32. The molecule has 1 N–H and O–H groups in total. The second-order valence-electron chi connectivity index (χ2n) is 6.55. The van der Waals surface area contributed by atoms with Gasteiger partial charge in [0, 0.05) is 24.3 Å². The highest BCUT2D eigenvalue weighted by atomic mass is 35.5. The zero-order chi connectivity index (χ0) is 19.5. The van der Waals surface area contributed by atoms with Gasteiger partial charge in [-0.25, -0.2) is 4.98 Å². The first kappa shape index (κ1) is 18.2. The zero-order valence-corrected chi connectivity index (χ0v) is 16.0. The van der Waals surface area contributed by atoms with Gasteiger partial charge in [0.2, 0.25) is 5.91 Å². The highest BCUT2D eigenvalue weighted by Gasteiger charge is 2.23. The van der Waals surface area contributed by atoms with Gasteiger partial charge in [0.25, 0.3) is 0 Å². The molecule has 28 heavy (non-hydrogen) atoms. The van der Waals surface area contributed by atoms with Crippen LogP contribution in [0.3, 0.4) is 0 Å². The highest BCUT2D eigenvalue weighted by molar-refractivity contribution is 6.30. The molecule has 6 heteroatoms. The SMILES string of the molecule is Cc1nc2cccc(NC(=O)C(Cc3cccnc3)c3ccc(Cl)cc3)c2o1. The molecule has 140 valence electrons. The Labute approximate surface area is 167 Å². The van der Waals surface area contributed by atoms with Crippen molar-refractivity contribution in [3.8, 4) is 0 Å². The number of rotatable bonds is 5. The summed E-state index contributed by atoms with van der Waals surface area (Å²) < 4.78 is 5.67. The average Bonchev–Trinajstić information content (AvgIpc) is 3.09. The number of nitrogens with zero attached hydrogens (tertiary/aromatic N) is 2. The number of fused-ring (bicyclic) bond motifs is 1. The van der Waals surface area contributed by atoms with Crippen molar-refractivity contribution < 1.29 is 9.21 Å². The topological polar surface area (TPSA) is 68.0 Å². The third kappa shape index (κ3) is 3.89. The summed E-state index contributed by atoms with van der Waals surface area (Å²) in [5, 5.41) is 3.64. The third-order valence-electron chi connectivity index (χ3n) is 4.53. The van der Waals surface area contributed by atoms with Gasteiger partial charge >= 0.3 is 0 Å². The van der Waals surface area contributed by atoms with Gasteiger partial charge in [0.05, 0.1) is 11.6 Å². The van der Waals surface area contributed by atoms with E-state index in [1.807, 2.05) is 42.5 Å². The smallest absolute Gasteiger partial charge is 0.232 e. The van der Waals surface area contributed by atoms with Gasteiger partial charge in [0.1, 0.15) is 5.52 Å². The summed E-state index contributed by atoms with van der Waals surface area (Å²) in [5.41, 5.74) is 3.75. The highest BCUT2D eigenvalue weighted by Crippen LogP contribution is 2.28. The molecule has 0 saturated heterocycles. The monoisotopic (exact) mass is 391 g/mol. The van der Waals surface area contributed by atoms with Crippen LogP contribution in [0.2, 0.25) is 5.02 Å². The molecule has 1 unspecified atom stereocenters. The van der Waals surface area contributed by atoms with Crippen LogP contribution in [-0.2, 0) is 11.2 Å². The first-order valence-electron chi connectivity index (χ1n) is 8.91. The minimum absolute atomic E-state index is 0.132. The van der Waals surface area contributed by atoms with Crippen molar-refractivity contribution in [2.24, 2.45) is 0 Å². The molecule has 0 saturated carbocycles. The maximum atomic E-state index is 13.2. The Balaban J connectivity index is 1.66. The molecule has 0 aliphatic heterocycles. The van der Waals surface area contributed by atoms with Crippen molar-refractivity contribution in [3.63, 3.8) is 0 Å². The van der Waals surface area contributed by atoms with Crippen molar-refractivity contribution in [2.75, 3.05) is 5.32 Å². The molecule has 2 aromatic heterocycles. The number of anilines is 1. The molecular formula is C22H18ClN3O2. The number of carbonyl (C=O) groups is 1. The fraction of sp³-hybridized carbons (Fsp3) is 0.136. The molecule has 5 nitrogen and oxygen atoms in total. The van der Waals surface area contributed by atoms with Crippen LogP contribution >= 0.6 is 11.6 Å². The number of aryl methyl sites for hydroxylation is 1. The molecule has 0 bridgehead atoms. The number of carbonyl (C=O) groups excluding carboxylic acids is 1. The summed E-state index contributed by atoms with van der Waals surface area (Å²) >= 11 is 6.02. The van der Waals surface area contributed by atoms with Gasteiger partial charge in [-0.15, -0.1) is 0 Å². The van der Waals surface area contributed by atoms with Crippen molar-refractivity contribution in [3.05, 3.63) is 89.0 Å². The van der Waals surface area contributed by atoms with Crippen LogP contribution in [-0.4, -0.2) is 15.9 Å². The van der Waals surface area contributed by atoms with E-state index in [0.29, 0.717) is 34.1 Å². The summed E-state index contributed by atoms with van der Waals surface area (Å²) in [6.45, 7) is 1.78. The Morgan fingerprint density at radius 1 is 1.14 bits per heavy atom. The second-order valence-corrected chi connectivity index (χ2v) is 6.98. The van der Waals surface area contributed by atoms with Gasteiger partial charge in [-0.3, -0.25) is 9.78 Å². The molecule has 0 aliphatic rings. The van der Waals surface area contributed by atoms with Gasteiger partial charge in [-0.1, -0.05) is 35.9 Å². The van der Waals surface area contributed by atoms with E-state index in [2.05, 4.69) is 15.3 Å². The van der Waals surface area contributed by atoms with E-state index in [0.717, 1.165) is 11.1 Å². The molecule has 1 atom stereocenters. The number of amides is 1. The standard InChI is InChI=1S/C22H18ClN3O2/c1-14-25-19-5-2-6-20(21(19)28-14)26-22(27)18(12-15-4-3-11-24-13-15)16-7-9-17(23)10-8-16/h2-11,13,18H,12H2,1H3,(H,26,27). The van der Waals surface area contributed by atoms with Crippen LogP contribution in [0.15, 0.2) is 71.4 Å². The molecule has 0 aliphatic carbocycles. The zero-order valence-electron chi connectivity index (χ0n) is 15.2. The Morgan fingerprint density at radius 2 is 1.96 bits per heavy atom. The number of para-hydroxylation sites is 1. The Bertz CT molecular complexity index is 1110. The predicted octanol–water partition coefficient (Wildman–Crippen LogP) is 5.15. The van der Waals surface area contributed by atoms with Crippen molar-refractivity contribution in [1.82, 2.24) is 9.97 Å². The summed E-state index contributed by atoms with van der Waals surface area (Å²) in [6, 6.07) is 16.7. The molecule has 0 fully saturated rings. The fourth-order valence-electron chi connectivity index (χ4n) is 3.19. The predicted molar refractivity (Wildman–Crippen MR) is 110 cm³/mol. The largest absolute Gasteiger partial charge is 0.439 e. The molecule has 2 aromatic carbocycles. The van der Waals surface area contributed by atoms with Crippen LogP contribution in [0.1, 0.15) is 22.9 Å². The van der Waals surface area contributed by atoms with Crippen molar-refractivity contribution in [2.45, 2.75) is 19.3 Å². The number of hydrogen-bond acceptors (Lipinski definition) is 4. The summed E-state index contributed by atoms with van der Waals surface area (Å²) in [7, 11) is 0. The van der Waals surface area contributed by atoms with E-state index in [1.165, 1.54) is 0 Å². The third-order valence-corrected chi connectivity index (χ3v) is 4.78. The maximum absolute atomic E-state index is 13.2. The molecule has 0 radical (unpaired) electrons. The van der Waals surface area contributed by atoms with E-state index in [-0.39, 0.29) is 5.91 Å². The average molecular weight is 392 g/mol. The summed E-state index contributed by atoms with van der Waals surface area (Å²) in [5.74, 6) is 0.0229. The maximum Gasteiger partial charge on any atom is 0.232 e. The number of nitrogens with one attached hydrogen (secondary N) is 1. The second kappa shape index (κ2) is 7.82. The number of halogens is 1. The number of oxazole rings is 1. The summed E-state index contributed by atoms with van der Waals surface area (Å²) in [4.78, 5) is 21.7. The van der Waals surface area contributed by atoms with Crippen molar-refractivity contribution >= 4 is 34.3 Å².